The van der Waals surface area contributed by atoms with Crippen LogP contribution >= 0.6 is 0 Å². The third-order valence-electron chi connectivity index (χ3n) is 7.04. The van der Waals surface area contributed by atoms with Crippen molar-refractivity contribution in [2.45, 2.75) is 56.2 Å². The van der Waals surface area contributed by atoms with Crippen molar-refractivity contribution in [2.24, 2.45) is 0 Å². The number of carboxylic acids is 1. The van der Waals surface area contributed by atoms with Gasteiger partial charge in [-0.1, -0.05) is 18.2 Å². The number of piperidine rings is 1. The SMILES string of the molecule is COc1ccc(CC[C@@H](OC(=O)[C@@H]2CCCCN2S(=O)(=O)c2ccnc(C)n2)c2cccc(OCC(=O)O)c2)cc1OC. The summed E-state index contributed by atoms with van der Waals surface area (Å²) in [5.41, 5.74) is 1.48. The second-order valence-corrected chi connectivity index (χ2v) is 11.8. The van der Waals surface area contributed by atoms with E-state index < -0.39 is 40.7 Å². The summed E-state index contributed by atoms with van der Waals surface area (Å²) in [4.78, 5) is 32.8. The molecule has 4 rings (SSSR count). The Morgan fingerprint density at radius 2 is 1.86 bits per heavy atom. The molecule has 2 aromatic carbocycles. The van der Waals surface area contributed by atoms with Gasteiger partial charge in [-0.3, -0.25) is 4.79 Å². The van der Waals surface area contributed by atoms with Crippen molar-refractivity contribution < 1.29 is 42.1 Å². The van der Waals surface area contributed by atoms with Crippen LogP contribution < -0.4 is 14.2 Å². The van der Waals surface area contributed by atoms with Crippen molar-refractivity contribution in [2.75, 3.05) is 27.4 Å². The van der Waals surface area contributed by atoms with Gasteiger partial charge in [0.1, 0.15) is 23.7 Å². The Morgan fingerprint density at radius 1 is 1.07 bits per heavy atom. The molecule has 2 heterocycles. The third kappa shape index (κ3) is 7.99. The maximum absolute atomic E-state index is 13.7. The van der Waals surface area contributed by atoms with Gasteiger partial charge < -0.3 is 24.1 Å². The van der Waals surface area contributed by atoms with E-state index in [9.17, 15) is 18.0 Å². The van der Waals surface area contributed by atoms with Crippen molar-refractivity contribution in [3.63, 3.8) is 0 Å². The highest BCUT2D eigenvalue weighted by molar-refractivity contribution is 7.89. The summed E-state index contributed by atoms with van der Waals surface area (Å²) >= 11 is 0. The lowest BCUT2D eigenvalue weighted by Crippen LogP contribution is -2.49. The average molecular weight is 614 g/mol. The van der Waals surface area contributed by atoms with Crippen LogP contribution in [0.25, 0.3) is 0 Å². The van der Waals surface area contributed by atoms with Gasteiger partial charge in [0.2, 0.25) is 0 Å². The number of methoxy groups -OCH3 is 2. The molecule has 0 spiro atoms. The number of ether oxygens (including phenoxy) is 4. The number of hydrogen-bond donors (Lipinski definition) is 1. The van der Waals surface area contributed by atoms with Gasteiger partial charge in [-0.05, 0) is 80.5 Å². The summed E-state index contributed by atoms with van der Waals surface area (Å²) < 4.78 is 50.4. The van der Waals surface area contributed by atoms with E-state index in [0.717, 1.165) is 5.56 Å². The van der Waals surface area contributed by atoms with Crippen LogP contribution in [0.4, 0.5) is 0 Å². The van der Waals surface area contributed by atoms with Gasteiger partial charge in [-0.15, -0.1) is 0 Å². The first-order valence-corrected chi connectivity index (χ1v) is 15.2. The van der Waals surface area contributed by atoms with Crippen molar-refractivity contribution in [3.05, 3.63) is 71.7 Å². The lowest BCUT2D eigenvalue weighted by Gasteiger charge is -2.33. The van der Waals surface area contributed by atoms with Crippen LogP contribution in [0.15, 0.2) is 59.8 Å². The monoisotopic (exact) mass is 613 g/mol. The molecule has 1 aromatic heterocycles. The van der Waals surface area contributed by atoms with Crippen molar-refractivity contribution in [1.29, 1.82) is 0 Å². The summed E-state index contributed by atoms with van der Waals surface area (Å²) in [7, 11) is -0.999. The van der Waals surface area contributed by atoms with Crippen LogP contribution in [-0.4, -0.2) is 73.1 Å². The Kier molecular flexibility index (Phi) is 10.5. The molecule has 0 saturated carbocycles. The molecule has 1 saturated heterocycles. The number of aliphatic carboxylic acids is 1. The highest BCUT2D eigenvalue weighted by atomic mass is 32.2. The molecule has 0 unspecified atom stereocenters. The number of hydrogen-bond acceptors (Lipinski definition) is 10. The summed E-state index contributed by atoms with van der Waals surface area (Å²) in [6.07, 6.45) is 2.95. The van der Waals surface area contributed by atoms with Gasteiger partial charge >= 0.3 is 11.9 Å². The minimum absolute atomic E-state index is 0.153. The van der Waals surface area contributed by atoms with Crippen LogP contribution in [0.3, 0.4) is 0 Å². The maximum atomic E-state index is 13.7. The smallest absolute Gasteiger partial charge is 0.341 e. The minimum Gasteiger partial charge on any atom is -0.493 e. The summed E-state index contributed by atoms with van der Waals surface area (Å²) in [6, 6.07) is 12.4. The Balaban J connectivity index is 1.61. The first-order valence-electron chi connectivity index (χ1n) is 13.8. The Labute approximate surface area is 250 Å². The predicted octanol–water partition coefficient (Wildman–Crippen LogP) is 3.73. The molecule has 2 atom stereocenters. The first kappa shape index (κ1) is 31.7. The minimum atomic E-state index is -4.09. The fourth-order valence-electron chi connectivity index (χ4n) is 4.92. The van der Waals surface area contributed by atoms with Crippen molar-refractivity contribution in [3.8, 4) is 17.2 Å². The van der Waals surface area contributed by atoms with E-state index in [2.05, 4.69) is 9.97 Å². The lowest BCUT2D eigenvalue weighted by atomic mass is 10.00. The summed E-state index contributed by atoms with van der Waals surface area (Å²) in [5, 5.41) is 8.85. The van der Waals surface area contributed by atoms with E-state index in [4.69, 9.17) is 24.1 Å². The zero-order valence-electron chi connectivity index (χ0n) is 24.3. The molecular weight excluding hydrogens is 578 g/mol. The average Bonchev–Trinajstić information content (AvgIpc) is 3.01. The van der Waals surface area contributed by atoms with E-state index in [0.29, 0.717) is 60.7 Å². The van der Waals surface area contributed by atoms with Crippen LogP contribution in [0.5, 0.6) is 17.2 Å². The molecule has 230 valence electrons. The number of benzene rings is 2. The van der Waals surface area contributed by atoms with Crippen LogP contribution in [-0.2, 0) is 30.8 Å². The zero-order valence-corrected chi connectivity index (χ0v) is 25.1. The van der Waals surface area contributed by atoms with Gasteiger partial charge in [0.15, 0.2) is 23.1 Å². The Morgan fingerprint density at radius 3 is 2.58 bits per heavy atom. The lowest BCUT2D eigenvalue weighted by molar-refractivity contribution is -0.155. The maximum Gasteiger partial charge on any atom is 0.341 e. The van der Waals surface area contributed by atoms with Crippen molar-refractivity contribution >= 4 is 22.0 Å². The molecular formula is C30H35N3O9S. The first-order chi connectivity index (χ1) is 20.6. The molecule has 1 fully saturated rings. The van der Waals surface area contributed by atoms with E-state index in [1.54, 1.807) is 51.5 Å². The number of nitrogens with zero attached hydrogens (tertiary/aromatic N) is 3. The molecule has 1 aliphatic heterocycles. The normalized spacial score (nSPS) is 16.2. The molecule has 0 amide bonds. The number of sulfonamides is 1. The highest BCUT2D eigenvalue weighted by Gasteiger charge is 2.40. The molecule has 1 aliphatic rings. The molecule has 0 radical (unpaired) electrons. The van der Waals surface area contributed by atoms with E-state index in [-0.39, 0.29) is 11.6 Å². The molecule has 12 nitrogen and oxygen atoms in total. The molecule has 3 aromatic rings. The predicted molar refractivity (Wildman–Crippen MR) is 155 cm³/mol. The molecule has 13 heteroatoms. The molecule has 0 bridgehead atoms. The molecule has 0 aliphatic carbocycles. The van der Waals surface area contributed by atoms with Gasteiger partial charge in [0.25, 0.3) is 10.0 Å². The van der Waals surface area contributed by atoms with Crippen LogP contribution in [0.1, 0.15) is 48.7 Å². The number of esters is 1. The topological polar surface area (TPSA) is 154 Å². The Hall–Kier alpha value is -4.23. The number of carbonyl (C=O) groups excluding carboxylic acids is 1. The zero-order chi connectivity index (χ0) is 31.0. The van der Waals surface area contributed by atoms with E-state index in [1.807, 2.05) is 12.1 Å². The fraction of sp³-hybridized carbons (Fsp3) is 0.400. The van der Waals surface area contributed by atoms with Crippen molar-refractivity contribution in [1.82, 2.24) is 14.3 Å². The number of aryl methyl sites for hydroxylation is 2. The number of carboxylic acid groups (broad SMARTS) is 1. The third-order valence-corrected chi connectivity index (χ3v) is 8.85. The van der Waals surface area contributed by atoms with E-state index >= 15 is 0 Å². The largest absolute Gasteiger partial charge is 0.493 e. The Bertz CT molecular complexity index is 1550. The van der Waals surface area contributed by atoms with Crippen LogP contribution in [0.2, 0.25) is 0 Å². The molecule has 43 heavy (non-hydrogen) atoms. The fourth-order valence-corrected chi connectivity index (χ4v) is 6.54. The van der Waals surface area contributed by atoms with Crippen LogP contribution in [0, 0.1) is 6.92 Å². The van der Waals surface area contributed by atoms with Gasteiger partial charge in [0.05, 0.1) is 14.2 Å². The highest BCUT2D eigenvalue weighted by Crippen LogP contribution is 2.33. The quantitative estimate of drug-likeness (QED) is 0.222. The van der Waals surface area contributed by atoms with Gasteiger partial charge in [-0.25, -0.2) is 23.2 Å². The molecule has 1 N–H and O–H groups in total. The second-order valence-electron chi connectivity index (χ2n) is 9.98. The number of rotatable bonds is 13. The van der Waals surface area contributed by atoms with Gasteiger partial charge in [-0.2, -0.15) is 4.31 Å². The summed E-state index contributed by atoms with van der Waals surface area (Å²) in [6.45, 7) is 1.22. The number of carbonyl (C=O) groups is 2. The number of aromatic nitrogens is 2. The summed E-state index contributed by atoms with van der Waals surface area (Å²) in [5.74, 6) is -0.0661. The van der Waals surface area contributed by atoms with Gasteiger partial charge in [0, 0.05) is 12.7 Å². The standard InChI is InChI=1S/C30H35N3O9S/c1-20-31-15-14-28(32-20)43(37,38)33-16-5-4-9-24(33)30(36)42-25(22-7-6-8-23(18-22)41-19-29(34)35)12-10-21-11-13-26(39-2)27(17-21)40-3/h6-8,11,13-15,17-18,24-25H,4-5,9-10,12,16,19H2,1-3H3,(H,34,35)/t24-,25+/m0/s1. The second kappa shape index (κ2) is 14.3. The van der Waals surface area contributed by atoms with E-state index in [1.165, 1.54) is 16.6 Å².